The molecule has 0 unspecified atom stereocenters. The third-order valence-corrected chi connectivity index (χ3v) is 4.19. The number of carbonyl (C=O) groups excluding carboxylic acids is 2. The second-order valence-electron chi connectivity index (χ2n) is 6.65. The van der Waals surface area contributed by atoms with Crippen molar-refractivity contribution >= 4 is 23.3 Å². The normalized spacial score (nSPS) is 10.8. The fourth-order valence-electron chi connectivity index (χ4n) is 2.44. The van der Waals surface area contributed by atoms with Gasteiger partial charge in [-0.05, 0) is 31.5 Å². The van der Waals surface area contributed by atoms with Gasteiger partial charge in [0.05, 0.1) is 10.3 Å². The van der Waals surface area contributed by atoms with Gasteiger partial charge in [0.2, 0.25) is 0 Å². The second kappa shape index (κ2) is 9.50. The molecule has 0 aliphatic rings. The van der Waals surface area contributed by atoms with Gasteiger partial charge in [0.15, 0.2) is 6.61 Å². The molecule has 0 aromatic heterocycles. The Kier molecular flexibility index (Phi) is 7.08. The van der Waals surface area contributed by atoms with Crippen molar-refractivity contribution in [1.82, 2.24) is 5.32 Å². The summed E-state index contributed by atoms with van der Waals surface area (Å²) < 4.78 is 5.14. The van der Waals surface area contributed by atoms with Crippen molar-refractivity contribution in [3.63, 3.8) is 0 Å². The summed E-state index contributed by atoms with van der Waals surface area (Å²) in [6.45, 7) is 3.88. The number of carbonyl (C=O) groups is 2. The van der Waals surface area contributed by atoms with Crippen molar-refractivity contribution < 1.29 is 19.2 Å². The summed E-state index contributed by atoms with van der Waals surface area (Å²) in [6, 6.07) is 15.2. The third-order valence-electron chi connectivity index (χ3n) is 4.19. The van der Waals surface area contributed by atoms with Crippen LogP contribution < -0.4 is 10.6 Å². The molecular formula is C20H23N3O5. The number of nitrogens with one attached hydrogen (secondary N) is 2. The third kappa shape index (κ3) is 5.80. The molecule has 148 valence electrons. The Balaban J connectivity index is 1.70. The minimum atomic E-state index is -0.848. The summed E-state index contributed by atoms with van der Waals surface area (Å²) in [5.74, 6) is -0.874. The van der Waals surface area contributed by atoms with Crippen LogP contribution in [0.4, 0.5) is 11.4 Å². The van der Waals surface area contributed by atoms with Crippen LogP contribution in [0.3, 0.4) is 0 Å². The number of nitrogens with zero attached hydrogens (tertiary/aromatic N) is 1. The van der Waals surface area contributed by atoms with Crippen molar-refractivity contribution in [2.45, 2.75) is 19.3 Å². The highest BCUT2D eigenvalue weighted by Crippen LogP contribution is 2.24. The number of hydrogen-bond donors (Lipinski definition) is 2. The van der Waals surface area contributed by atoms with Gasteiger partial charge < -0.3 is 15.4 Å². The maximum Gasteiger partial charge on any atom is 0.316 e. The molecule has 1 amide bonds. The molecule has 8 heteroatoms. The van der Waals surface area contributed by atoms with E-state index in [2.05, 4.69) is 10.6 Å². The average molecular weight is 385 g/mol. The van der Waals surface area contributed by atoms with Crippen LogP contribution in [0.2, 0.25) is 0 Å². The summed E-state index contributed by atoms with van der Waals surface area (Å²) in [7, 11) is 0. The Labute approximate surface area is 163 Å². The fourth-order valence-corrected chi connectivity index (χ4v) is 2.44. The predicted octanol–water partition coefficient (Wildman–Crippen LogP) is 2.64. The second-order valence-corrected chi connectivity index (χ2v) is 6.65. The zero-order valence-corrected chi connectivity index (χ0v) is 15.8. The van der Waals surface area contributed by atoms with Crippen LogP contribution in [0.25, 0.3) is 0 Å². The Bertz CT molecular complexity index is 819. The fraction of sp³-hybridized carbons (Fsp3) is 0.300. The number of nitro groups is 1. The van der Waals surface area contributed by atoms with Crippen molar-refractivity contribution in [2.24, 2.45) is 0 Å². The number of nitro benzene ring substituents is 1. The monoisotopic (exact) mass is 385 g/mol. The molecule has 0 aliphatic heterocycles. The van der Waals surface area contributed by atoms with Crippen LogP contribution in [0.15, 0.2) is 54.6 Å². The molecule has 0 radical (unpaired) electrons. The van der Waals surface area contributed by atoms with E-state index in [-0.39, 0.29) is 12.3 Å². The van der Waals surface area contributed by atoms with E-state index in [9.17, 15) is 19.7 Å². The first-order valence-electron chi connectivity index (χ1n) is 8.78. The molecule has 0 spiro atoms. The SMILES string of the molecule is CC(C)(C(=O)OCC(=O)NCCNc1ccc([N+](=O)[O-])cc1)c1ccccc1. The summed E-state index contributed by atoms with van der Waals surface area (Å²) in [5.41, 5.74) is 0.682. The number of amides is 1. The number of anilines is 1. The number of ether oxygens (including phenoxy) is 1. The minimum absolute atomic E-state index is 0.0131. The Morgan fingerprint density at radius 1 is 1.04 bits per heavy atom. The van der Waals surface area contributed by atoms with E-state index in [1.54, 1.807) is 26.0 Å². The van der Waals surface area contributed by atoms with Crippen LogP contribution in [0, 0.1) is 10.1 Å². The van der Waals surface area contributed by atoms with Crippen LogP contribution in [-0.2, 0) is 19.7 Å². The molecule has 28 heavy (non-hydrogen) atoms. The van der Waals surface area contributed by atoms with Gasteiger partial charge in [-0.25, -0.2) is 0 Å². The molecule has 0 fully saturated rings. The molecule has 0 aliphatic carbocycles. The number of hydrogen-bond acceptors (Lipinski definition) is 6. The highest BCUT2D eigenvalue weighted by atomic mass is 16.6. The standard InChI is InChI=1S/C20H23N3O5/c1-20(2,15-6-4-3-5-7-15)19(25)28-14-18(24)22-13-12-21-16-8-10-17(11-9-16)23(26)27/h3-11,21H,12-14H2,1-2H3,(H,22,24). The molecular weight excluding hydrogens is 362 g/mol. The summed E-state index contributed by atoms with van der Waals surface area (Å²) in [5, 5.41) is 16.3. The Morgan fingerprint density at radius 3 is 2.29 bits per heavy atom. The van der Waals surface area contributed by atoms with Crippen LogP contribution in [-0.4, -0.2) is 36.5 Å². The van der Waals surface area contributed by atoms with Crippen molar-refractivity contribution in [3.05, 3.63) is 70.3 Å². The number of non-ortho nitro benzene ring substituents is 1. The van der Waals surface area contributed by atoms with Gasteiger partial charge in [-0.2, -0.15) is 0 Å². The average Bonchev–Trinajstić information content (AvgIpc) is 2.70. The largest absolute Gasteiger partial charge is 0.455 e. The van der Waals surface area contributed by atoms with Crippen LogP contribution in [0.1, 0.15) is 19.4 Å². The van der Waals surface area contributed by atoms with E-state index in [1.807, 2.05) is 30.3 Å². The molecule has 0 bridgehead atoms. The molecule has 0 heterocycles. The zero-order chi connectivity index (χ0) is 20.6. The summed E-state index contributed by atoms with van der Waals surface area (Å²) in [4.78, 5) is 34.3. The highest BCUT2D eigenvalue weighted by molar-refractivity contribution is 5.85. The van der Waals surface area contributed by atoms with E-state index < -0.39 is 22.2 Å². The predicted molar refractivity (Wildman–Crippen MR) is 105 cm³/mol. The molecule has 0 atom stereocenters. The quantitative estimate of drug-likeness (QED) is 0.297. The molecule has 2 N–H and O–H groups in total. The first-order chi connectivity index (χ1) is 13.3. The molecule has 2 rings (SSSR count). The molecule has 2 aromatic carbocycles. The maximum atomic E-state index is 12.3. The van der Waals surface area contributed by atoms with E-state index in [0.29, 0.717) is 18.8 Å². The number of benzene rings is 2. The minimum Gasteiger partial charge on any atom is -0.455 e. The van der Waals surface area contributed by atoms with E-state index >= 15 is 0 Å². The summed E-state index contributed by atoms with van der Waals surface area (Å²) >= 11 is 0. The smallest absolute Gasteiger partial charge is 0.316 e. The zero-order valence-electron chi connectivity index (χ0n) is 15.8. The van der Waals surface area contributed by atoms with Crippen LogP contribution in [0.5, 0.6) is 0 Å². The number of esters is 1. The van der Waals surface area contributed by atoms with Gasteiger partial charge in [0.25, 0.3) is 11.6 Å². The van der Waals surface area contributed by atoms with Crippen molar-refractivity contribution in [2.75, 3.05) is 25.0 Å². The van der Waals surface area contributed by atoms with Gasteiger partial charge in [-0.15, -0.1) is 0 Å². The Hall–Kier alpha value is -3.42. The highest BCUT2D eigenvalue weighted by Gasteiger charge is 2.31. The van der Waals surface area contributed by atoms with Crippen molar-refractivity contribution in [1.29, 1.82) is 0 Å². The van der Waals surface area contributed by atoms with Gasteiger partial charge in [-0.3, -0.25) is 19.7 Å². The molecule has 0 saturated heterocycles. The first-order valence-corrected chi connectivity index (χ1v) is 8.78. The molecule has 8 nitrogen and oxygen atoms in total. The summed E-state index contributed by atoms with van der Waals surface area (Å²) in [6.07, 6.45) is 0. The van der Waals surface area contributed by atoms with Crippen molar-refractivity contribution in [3.8, 4) is 0 Å². The van der Waals surface area contributed by atoms with Crippen LogP contribution >= 0.6 is 0 Å². The maximum absolute atomic E-state index is 12.3. The van der Waals surface area contributed by atoms with Gasteiger partial charge in [0.1, 0.15) is 0 Å². The first kappa shape index (κ1) is 20.9. The van der Waals surface area contributed by atoms with E-state index in [0.717, 1.165) is 5.56 Å². The van der Waals surface area contributed by atoms with Gasteiger partial charge >= 0.3 is 5.97 Å². The van der Waals surface area contributed by atoms with Gasteiger partial charge in [0, 0.05) is 30.9 Å². The van der Waals surface area contributed by atoms with E-state index in [4.69, 9.17) is 4.74 Å². The van der Waals surface area contributed by atoms with E-state index in [1.165, 1.54) is 12.1 Å². The molecule has 0 saturated carbocycles. The topological polar surface area (TPSA) is 111 Å². The lowest BCUT2D eigenvalue weighted by atomic mass is 9.85. The lowest BCUT2D eigenvalue weighted by Gasteiger charge is -2.22. The number of rotatable bonds is 9. The lowest BCUT2D eigenvalue weighted by Crippen LogP contribution is -2.36. The Morgan fingerprint density at radius 2 is 1.68 bits per heavy atom. The van der Waals surface area contributed by atoms with Gasteiger partial charge in [-0.1, -0.05) is 30.3 Å². The molecule has 2 aromatic rings. The lowest BCUT2D eigenvalue weighted by molar-refractivity contribution is -0.384.